The second kappa shape index (κ2) is 7.01. The van der Waals surface area contributed by atoms with Gasteiger partial charge in [0.2, 0.25) is 0 Å². The molecule has 4 rings (SSSR count). The van der Waals surface area contributed by atoms with Crippen LogP contribution in [0.25, 0.3) is 0 Å². The lowest BCUT2D eigenvalue weighted by Crippen LogP contribution is -2.56. The summed E-state index contributed by atoms with van der Waals surface area (Å²) in [6, 6.07) is 9.65. The first-order valence-electron chi connectivity index (χ1n) is 8.88. The molecule has 2 bridgehead atoms. The Morgan fingerprint density at radius 1 is 1.23 bits per heavy atom. The van der Waals surface area contributed by atoms with Crippen molar-refractivity contribution in [3.63, 3.8) is 0 Å². The fourth-order valence-electron chi connectivity index (χ4n) is 4.22. The van der Waals surface area contributed by atoms with Crippen molar-refractivity contribution in [1.29, 1.82) is 0 Å². The fourth-order valence-corrected chi connectivity index (χ4v) is 4.22. The number of fused-ring (bicyclic) bond motifs is 3. The van der Waals surface area contributed by atoms with Crippen molar-refractivity contribution in [1.82, 2.24) is 10.2 Å². The molecule has 0 aliphatic carbocycles. The SMILES string of the molecule is CCC1CN2CCC1CC2CNCc1ccc(N(C)C)cc1. The van der Waals surface area contributed by atoms with Crippen molar-refractivity contribution in [2.24, 2.45) is 11.8 Å². The van der Waals surface area contributed by atoms with Crippen LogP contribution in [-0.2, 0) is 6.54 Å². The van der Waals surface area contributed by atoms with Crippen LogP contribution in [0.3, 0.4) is 0 Å². The minimum atomic E-state index is 0.766. The third-order valence-electron chi connectivity index (χ3n) is 5.70. The van der Waals surface area contributed by atoms with Gasteiger partial charge in [0.05, 0.1) is 0 Å². The van der Waals surface area contributed by atoms with Crippen LogP contribution in [0, 0.1) is 11.8 Å². The Morgan fingerprint density at radius 2 is 2.00 bits per heavy atom. The lowest BCUT2D eigenvalue weighted by Gasteiger charge is -2.50. The van der Waals surface area contributed by atoms with Gasteiger partial charge in [-0.3, -0.25) is 4.90 Å². The molecule has 3 heteroatoms. The highest BCUT2D eigenvalue weighted by Gasteiger charge is 2.38. The summed E-state index contributed by atoms with van der Waals surface area (Å²) in [5, 5.41) is 3.68. The summed E-state index contributed by atoms with van der Waals surface area (Å²) in [6.07, 6.45) is 4.20. The molecule has 4 atom stereocenters. The molecule has 22 heavy (non-hydrogen) atoms. The van der Waals surface area contributed by atoms with Crippen LogP contribution in [0.5, 0.6) is 0 Å². The normalized spacial score (nSPS) is 30.5. The highest BCUT2D eigenvalue weighted by Crippen LogP contribution is 2.37. The summed E-state index contributed by atoms with van der Waals surface area (Å²) >= 11 is 0. The molecule has 0 radical (unpaired) electrons. The zero-order valence-corrected chi connectivity index (χ0v) is 14.4. The number of hydrogen-bond acceptors (Lipinski definition) is 3. The van der Waals surface area contributed by atoms with E-state index < -0.39 is 0 Å². The molecule has 0 spiro atoms. The number of hydrogen-bond donors (Lipinski definition) is 1. The minimum Gasteiger partial charge on any atom is -0.378 e. The van der Waals surface area contributed by atoms with Gasteiger partial charge in [-0.05, 0) is 48.9 Å². The Hall–Kier alpha value is -1.06. The van der Waals surface area contributed by atoms with Crippen molar-refractivity contribution in [3.05, 3.63) is 29.8 Å². The molecule has 3 saturated heterocycles. The van der Waals surface area contributed by atoms with Crippen molar-refractivity contribution in [3.8, 4) is 0 Å². The molecule has 1 N–H and O–H groups in total. The van der Waals surface area contributed by atoms with Crippen LogP contribution in [0.15, 0.2) is 24.3 Å². The number of nitrogens with one attached hydrogen (secondary N) is 1. The molecule has 3 nitrogen and oxygen atoms in total. The third-order valence-corrected chi connectivity index (χ3v) is 5.70. The smallest absolute Gasteiger partial charge is 0.0361 e. The zero-order valence-electron chi connectivity index (χ0n) is 14.4. The summed E-state index contributed by atoms with van der Waals surface area (Å²) in [5.41, 5.74) is 2.65. The predicted molar refractivity (Wildman–Crippen MR) is 94.3 cm³/mol. The lowest BCUT2D eigenvalue weighted by atomic mass is 9.74. The Morgan fingerprint density at radius 3 is 2.59 bits per heavy atom. The maximum absolute atomic E-state index is 3.68. The quantitative estimate of drug-likeness (QED) is 0.871. The van der Waals surface area contributed by atoms with Gasteiger partial charge < -0.3 is 10.2 Å². The fraction of sp³-hybridized carbons (Fsp3) is 0.684. The average molecular weight is 301 g/mol. The molecule has 3 heterocycles. The average Bonchev–Trinajstić information content (AvgIpc) is 2.56. The highest BCUT2D eigenvalue weighted by atomic mass is 15.2. The Kier molecular flexibility index (Phi) is 5.04. The van der Waals surface area contributed by atoms with E-state index >= 15 is 0 Å². The molecule has 122 valence electrons. The topological polar surface area (TPSA) is 18.5 Å². The van der Waals surface area contributed by atoms with E-state index in [4.69, 9.17) is 0 Å². The van der Waals surface area contributed by atoms with Gasteiger partial charge in [-0.1, -0.05) is 25.5 Å². The van der Waals surface area contributed by atoms with E-state index in [0.717, 1.165) is 31.0 Å². The van der Waals surface area contributed by atoms with Crippen molar-refractivity contribution in [2.45, 2.75) is 38.8 Å². The van der Waals surface area contributed by atoms with Gasteiger partial charge >= 0.3 is 0 Å². The van der Waals surface area contributed by atoms with E-state index in [1.54, 1.807) is 0 Å². The zero-order chi connectivity index (χ0) is 15.5. The van der Waals surface area contributed by atoms with Gasteiger partial charge in [-0.15, -0.1) is 0 Å². The Balaban J connectivity index is 1.46. The molecule has 3 aliphatic rings. The number of nitrogens with zero attached hydrogens (tertiary/aromatic N) is 2. The summed E-state index contributed by atoms with van der Waals surface area (Å²) in [7, 11) is 4.17. The van der Waals surface area contributed by atoms with Gasteiger partial charge in [0.1, 0.15) is 0 Å². The van der Waals surface area contributed by atoms with E-state index in [1.807, 2.05) is 0 Å². The maximum Gasteiger partial charge on any atom is 0.0361 e. The van der Waals surface area contributed by atoms with E-state index in [9.17, 15) is 0 Å². The molecular weight excluding hydrogens is 270 g/mol. The van der Waals surface area contributed by atoms with Crippen molar-refractivity contribution < 1.29 is 0 Å². The van der Waals surface area contributed by atoms with Gasteiger partial charge in [0.25, 0.3) is 0 Å². The Bertz CT molecular complexity index is 468. The van der Waals surface area contributed by atoms with Gasteiger partial charge in [-0.25, -0.2) is 0 Å². The molecule has 4 unspecified atom stereocenters. The lowest BCUT2D eigenvalue weighted by molar-refractivity contribution is 0.000333. The highest BCUT2D eigenvalue weighted by molar-refractivity contribution is 5.45. The first kappa shape index (κ1) is 15.8. The van der Waals surface area contributed by atoms with E-state index in [-0.39, 0.29) is 0 Å². The molecule has 0 aromatic heterocycles. The van der Waals surface area contributed by atoms with E-state index in [0.29, 0.717) is 0 Å². The van der Waals surface area contributed by atoms with Gasteiger partial charge in [0.15, 0.2) is 0 Å². The number of anilines is 1. The molecule has 0 amide bonds. The van der Waals surface area contributed by atoms with Crippen LogP contribution >= 0.6 is 0 Å². The third kappa shape index (κ3) is 3.47. The molecule has 3 aliphatic heterocycles. The van der Waals surface area contributed by atoms with Crippen molar-refractivity contribution in [2.75, 3.05) is 38.6 Å². The van der Waals surface area contributed by atoms with Gasteiger partial charge in [-0.2, -0.15) is 0 Å². The predicted octanol–water partition coefficient (Wildman–Crippen LogP) is 2.96. The summed E-state index contributed by atoms with van der Waals surface area (Å²) < 4.78 is 0. The standard InChI is InChI=1S/C19H31N3/c1-4-16-14-22-10-9-17(16)11-19(22)13-20-12-15-5-7-18(8-6-15)21(2)3/h5-8,16-17,19-20H,4,9-14H2,1-3H3. The summed E-state index contributed by atoms with van der Waals surface area (Å²) in [5.74, 6) is 1.95. The van der Waals surface area contributed by atoms with E-state index in [1.165, 1.54) is 43.6 Å². The van der Waals surface area contributed by atoms with Gasteiger partial charge in [0, 0.05) is 45.5 Å². The summed E-state index contributed by atoms with van der Waals surface area (Å²) in [6.45, 7) is 7.15. The number of piperidine rings is 3. The number of benzene rings is 1. The molecular formula is C19H31N3. The van der Waals surface area contributed by atoms with Crippen molar-refractivity contribution >= 4 is 5.69 Å². The Labute approximate surface area is 135 Å². The van der Waals surface area contributed by atoms with Crippen LogP contribution in [0.2, 0.25) is 0 Å². The van der Waals surface area contributed by atoms with Crippen LogP contribution in [0.4, 0.5) is 5.69 Å². The van der Waals surface area contributed by atoms with Crippen LogP contribution < -0.4 is 10.2 Å². The first-order chi connectivity index (χ1) is 10.7. The largest absolute Gasteiger partial charge is 0.378 e. The summed E-state index contributed by atoms with van der Waals surface area (Å²) in [4.78, 5) is 4.88. The molecule has 0 saturated carbocycles. The monoisotopic (exact) mass is 301 g/mol. The van der Waals surface area contributed by atoms with E-state index in [2.05, 4.69) is 60.4 Å². The molecule has 3 fully saturated rings. The maximum atomic E-state index is 3.68. The molecule has 1 aromatic rings. The van der Waals surface area contributed by atoms with Crippen LogP contribution in [-0.4, -0.2) is 44.7 Å². The minimum absolute atomic E-state index is 0.766. The second-order valence-corrected chi connectivity index (χ2v) is 7.29. The first-order valence-corrected chi connectivity index (χ1v) is 8.88. The molecule has 1 aromatic carbocycles. The number of rotatable bonds is 6. The van der Waals surface area contributed by atoms with Crippen LogP contribution in [0.1, 0.15) is 31.7 Å². The second-order valence-electron chi connectivity index (χ2n) is 7.29.